The third kappa shape index (κ3) is 3.58. The van der Waals surface area contributed by atoms with Crippen molar-refractivity contribution in [3.05, 3.63) is 42.5 Å². The van der Waals surface area contributed by atoms with E-state index in [4.69, 9.17) is 4.74 Å². The monoisotopic (exact) mass is 204 g/mol. The predicted molar refractivity (Wildman–Crippen MR) is 61.2 cm³/mol. The SMILES string of the molecule is C=CC(=O)COc1cccc(C(C)C)c1. The molecule has 2 nitrogen and oxygen atoms in total. The van der Waals surface area contributed by atoms with E-state index in [1.54, 1.807) is 0 Å². The van der Waals surface area contributed by atoms with Crippen LogP contribution < -0.4 is 4.74 Å². The quantitative estimate of drug-likeness (QED) is 0.689. The van der Waals surface area contributed by atoms with Gasteiger partial charge in [0, 0.05) is 0 Å². The molecule has 15 heavy (non-hydrogen) atoms. The highest BCUT2D eigenvalue weighted by molar-refractivity contribution is 5.90. The Morgan fingerprint density at radius 1 is 1.53 bits per heavy atom. The standard InChI is InChI=1S/C13H16O2/c1-4-12(14)9-15-13-7-5-6-11(8-13)10(2)3/h4-8,10H,1,9H2,2-3H3. The average molecular weight is 204 g/mol. The molecule has 1 rings (SSSR count). The van der Waals surface area contributed by atoms with Crippen molar-refractivity contribution >= 4 is 5.78 Å². The topological polar surface area (TPSA) is 26.3 Å². The smallest absolute Gasteiger partial charge is 0.192 e. The maximum Gasteiger partial charge on any atom is 0.192 e. The number of hydrogen-bond acceptors (Lipinski definition) is 2. The van der Waals surface area contributed by atoms with Gasteiger partial charge in [0.25, 0.3) is 0 Å². The van der Waals surface area contributed by atoms with Gasteiger partial charge in [-0.1, -0.05) is 32.6 Å². The molecule has 0 heterocycles. The molecule has 80 valence electrons. The van der Waals surface area contributed by atoms with E-state index in [1.165, 1.54) is 11.6 Å². The molecule has 0 aliphatic heterocycles. The number of hydrogen-bond donors (Lipinski definition) is 0. The molecule has 0 aliphatic carbocycles. The molecule has 0 aromatic heterocycles. The lowest BCUT2D eigenvalue weighted by atomic mass is 10.0. The van der Waals surface area contributed by atoms with Gasteiger partial charge in [0.05, 0.1) is 0 Å². The first kappa shape index (κ1) is 11.5. The van der Waals surface area contributed by atoms with Crippen molar-refractivity contribution in [3.8, 4) is 5.75 Å². The van der Waals surface area contributed by atoms with Crippen LogP contribution in [0.2, 0.25) is 0 Å². The van der Waals surface area contributed by atoms with Crippen molar-refractivity contribution < 1.29 is 9.53 Å². The van der Waals surface area contributed by atoms with Crippen LogP contribution in [0.25, 0.3) is 0 Å². The lowest BCUT2D eigenvalue weighted by Gasteiger charge is -2.08. The molecule has 0 bridgehead atoms. The summed E-state index contributed by atoms with van der Waals surface area (Å²) in [6.45, 7) is 7.69. The Bertz CT molecular complexity index is 353. The first-order valence-electron chi connectivity index (χ1n) is 5.01. The Kier molecular flexibility index (Phi) is 4.10. The molecule has 0 amide bonds. The van der Waals surface area contributed by atoms with E-state index in [0.29, 0.717) is 5.92 Å². The summed E-state index contributed by atoms with van der Waals surface area (Å²) in [5.41, 5.74) is 1.21. The summed E-state index contributed by atoms with van der Waals surface area (Å²) < 4.78 is 5.33. The minimum absolute atomic E-state index is 0.0606. The molecule has 0 saturated carbocycles. The van der Waals surface area contributed by atoms with E-state index in [1.807, 2.05) is 24.3 Å². The number of ether oxygens (including phenoxy) is 1. The fraction of sp³-hybridized carbons (Fsp3) is 0.308. The third-order valence-electron chi connectivity index (χ3n) is 2.13. The van der Waals surface area contributed by atoms with Crippen molar-refractivity contribution in [2.45, 2.75) is 19.8 Å². The van der Waals surface area contributed by atoms with Gasteiger partial charge in [-0.25, -0.2) is 0 Å². The molecule has 2 heteroatoms. The largest absolute Gasteiger partial charge is 0.485 e. The van der Waals surface area contributed by atoms with E-state index in [9.17, 15) is 4.79 Å². The maximum absolute atomic E-state index is 11.0. The minimum atomic E-state index is -0.107. The lowest BCUT2D eigenvalue weighted by molar-refractivity contribution is -0.116. The first-order chi connectivity index (χ1) is 7.13. The summed E-state index contributed by atoms with van der Waals surface area (Å²) >= 11 is 0. The predicted octanol–water partition coefficient (Wildman–Crippen LogP) is 2.94. The summed E-state index contributed by atoms with van der Waals surface area (Å²) in [6, 6.07) is 7.79. The van der Waals surface area contributed by atoms with Crippen LogP contribution in [-0.4, -0.2) is 12.4 Å². The molecule has 0 aliphatic rings. The summed E-state index contributed by atoms with van der Waals surface area (Å²) in [5, 5.41) is 0. The van der Waals surface area contributed by atoms with E-state index in [-0.39, 0.29) is 12.4 Å². The molecule has 0 N–H and O–H groups in total. The zero-order valence-corrected chi connectivity index (χ0v) is 9.19. The Morgan fingerprint density at radius 3 is 2.87 bits per heavy atom. The number of carbonyl (C=O) groups excluding carboxylic acids is 1. The first-order valence-corrected chi connectivity index (χ1v) is 5.01. The number of ketones is 1. The molecule has 1 aromatic rings. The summed E-state index contributed by atoms with van der Waals surface area (Å²) in [6.07, 6.45) is 1.27. The van der Waals surface area contributed by atoms with E-state index in [0.717, 1.165) is 5.75 Å². The molecule has 0 saturated heterocycles. The summed E-state index contributed by atoms with van der Waals surface area (Å²) in [4.78, 5) is 11.0. The second kappa shape index (κ2) is 5.35. The fourth-order valence-corrected chi connectivity index (χ4v) is 1.18. The Labute approximate surface area is 90.6 Å². The number of benzene rings is 1. The van der Waals surface area contributed by atoms with Crippen molar-refractivity contribution in [1.29, 1.82) is 0 Å². The van der Waals surface area contributed by atoms with Crippen LogP contribution in [0.1, 0.15) is 25.3 Å². The van der Waals surface area contributed by atoms with Gasteiger partial charge in [0.15, 0.2) is 12.4 Å². The van der Waals surface area contributed by atoms with Crippen molar-refractivity contribution in [2.24, 2.45) is 0 Å². The van der Waals surface area contributed by atoms with Gasteiger partial charge in [-0.2, -0.15) is 0 Å². The van der Waals surface area contributed by atoms with Gasteiger partial charge in [0.2, 0.25) is 0 Å². The molecule has 1 aromatic carbocycles. The second-order valence-electron chi connectivity index (χ2n) is 3.69. The number of carbonyl (C=O) groups is 1. The highest BCUT2D eigenvalue weighted by Crippen LogP contribution is 2.19. The highest BCUT2D eigenvalue weighted by Gasteiger charge is 2.02. The highest BCUT2D eigenvalue weighted by atomic mass is 16.5. The van der Waals surface area contributed by atoms with Gasteiger partial charge in [-0.15, -0.1) is 0 Å². The zero-order valence-electron chi connectivity index (χ0n) is 9.19. The number of rotatable bonds is 5. The third-order valence-corrected chi connectivity index (χ3v) is 2.13. The van der Waals surface area contributed by atoms with Crippen LogP contribution in [-0.2, 0) is 4.79 Å². The van der Waals surface area contributed by atoms with Gasteiger partial charge in [-0.05, 0) is 29.7 Å². The molecule has 0 unspecified atom stereocenters. The van der Waals surface area contributed by atoms with Crippen LogP contribution in [0.4, 0.5) is 0 Å². The van der Waals surface area contributed by atoms with Crippen LogP contribution in [0, 0.1) is 0 Å². The average Bonchev–Trinajstić information content (AvgIpc) is 2.26. The van der Waals surface area contributed by atoms with Crippen LogP contribution >= 0.6 is 0 Å². The minimum Gasteiger partial charge on any atom is -0.485 e. The molecule has 0 radical (unpaired) electrons. The Morgan fingerprint density at radius 2 is 2.27 bits per heavy atom. The van der Waals surface area contributed by atoms with E-state index < -0.39 is 0 Å². The van der Waals surface area contributed by atoms with Gasteiger partial charge < -0.3 is 4.74 Å². The van der Waals surface area contributed by atoms with Gasteiger partial charge >= 0.3 is 0 Å². The Hall–Kier alpha value is -1.57. The second-order valence-corrected chi connectivity index (χ2v) is 3.69. The normalized spacial score (nSPS) is 10.1. The molecule has 0 spiro atoms. The molecule has 0 fully saturated rings. The van der Waals surface area contributed by atoms with E-state index in [2.05, 4.69) is 20.4 Å². The van der Waals surface area contributed by atoms with Crippen LogP contribution in [0.5, 0.6) is 5.75 Å². The zero-order chi connectivity index (χ0) is 11.3. The van der Waals surface area contributed by atoms with Gasteiger partial charge in [-0.3, -0.25) is 4.79 Å². The molecule has 0 atom stereocenters. The molecular weight excluding hydrogens is 188 g/mol. The van der Waals surface area contributed by atoms with Crippen LogP contribution in [0.15, 0.2) is 36.9 Å². The summed E-state index contributed by atoms with van der Waals surface area (Å²) in [5.74, 6) is 1.09. The Balaban J connectivity index is 2.65. The molecular formula is C13H16O2. The van der Waals surface area contributed by atoms with Crippen molar-refractivity contribution in [1.82, 2.24) is 0 Å². The fourth-order valence-electron chi connectivity index (χ4n) is 1.18. The summed E-state index contributed by atoms with van der Waals surface area (Å²) in [7, 11) is 0. The van der Waals surface area contributed by atoms with E-state index >= 15 is 0 Å². The lowest BCUT2D eigenvalue weighted by Crippen LogP contribution is -2.07. The van der Waals surface area contributed by atoms with Crippen molar-refractivity contribution in [3.63, 3.8) is 0 Å². The van der Waals surface area contributed by atoms with Crippen LogP contribution in [0.3, 0.4) is 0 Å². The maximum atomic E-state index is 11.0. The van der Waals surface area contributed by atoms with Gasteiger partial charge in [0.1, 0.15) is 5.75 Å². The van der Waals surface area contributed by atoms with Crippen molar-refractivity contribution in [2.75, 3.05) is 6.61 Å².